The van der Waals surface area contributed by atoms with E-state index in [9.17, 15) is 8.42 Å². The molecule has 1 fully saturated rings. The van der Waals surface area contributed by atoms with Crippen LogP contribution in [0.4, 0.5) is 0 Å². The van der Waals surface area contributed by atoms with Gasteiger partial charge in [0.25, 0.3) is 0 Å². The molecule has 1 aliphatic carbocycles. The van der Waals surface area contributed by atoms with Crippen molar-refractivity contribution in [2.75, 3.05) is 11.1 Å². The minimum atomic E-state index is -3.18. The van der Waals surface area contributed by atoms with Crippen LogP contribution in [0.2, 0.25) is 0 Å². The average Bonchev–Trinajstić information content (AvgIpc) is 2.84. The molecule has 1 aromatic carbocycles. The zero-order valence-electron chi connectivity index (χ0n) is 10.9. The number of alkyl halides is 1. The summed E-state index contributed by atoms with van der Waals surface area (Å²) in [6.07, 6.45) is 3.75. The van der Waals surface area contributed by atoms with Crippen LogP contribution in [-0.4, -0.2) is 25.5 Å². The van der Waals surface area contributed by atoms with Gasteiger partial charge in [0.2, 0.25) is 10.0 Å². The molecule has 1 N–H and O–H groups in total. The van der Waals surface area contributed by atoms with E-state index in [2.05, 4.69) is 20.7 Å². The average molecular weight is 346 g/mol. The van der Waals surface area contributed by atoms with E-state index in [1.54, 1.807) is 0 Å². The van der Waals surface area contributed by atoms with Crippen LogP contribution in [0.1, 0.15) is 24.8 Å². The van der Waals surface area contributed by atoms with Crippen LogP contribution in [0.25, 0.3) is 0 Å². The third kappa shape index (κ3) is 4.58. The molecule has 2 rings (SSSR count). The first-order valence-corrected chi connectivity index (χ1v) is 9.48. The molecular formula is C14H20BrNO2S. The van der Waals surface area contributed by atoms with E-state index in [1.807, 2.05) is 30.3 Å². The molecule has 0 aliphatic heterocycles. The lowest BCUT2D eigenvalue weighted by Crippen LogP contribution is -2.39. The highest BCUT2D eigenvalue weighted by Gasteiger charge is 2.29. The molecule has 1 saturated carbocycles. The number of aryl methyl sites for hydroxylation is 1. The predicted octanol–water partition coefficient (Wildman–Crippen LogP) is 2.71. The normalized spacial score (nSPS) is 23.6. The van der Waals surface area contributed by atoms with E-state index in [-0.39, 0.29) is 11.8 Å². The molecule has 0 aromatic heterocycles. The number of benzene rings is 1. The third-order valence-corrected chi connectivity index (χ3v) is 5.93. The molecule has 0 heterocycles. The van der Waals surface area contributed by atoms with Gasteiger partial charge in [0, 0.05) is 11.4 Å². The van der Waals surface area contributed by atoms with Crippen LogP contribution in [0.15, 0.2) is 30.3 Å². The first-order valence-electron chi connectivity index (χ1n) is 6.70. The van der Waals surface area contributed by atoms with Crippen LogP contribution in [0.5, 0.6) is 0 Å². The van der Waals surface area contributed by atoms with Gasteiger partial charge in [-0.25, -0.2) is 13.1 Å². The minimum Gasteiger partial charge on any atom is -0.212 e. The van der Waals surface area contributed by atoms with Crippen molar-refractivity contribution in [1.29, 1.82) is 0 Å². The molecular weight excluding hydrogens is 326 g/mol. The lowest BCUT2D eigenvalue weighted by atomic mass is 10.1. The van der Waals surface area contributed by atoms with Crippen molar-refractivity contribution in [3.05, 3.63) is 35.9 Å². The van der Waals surface area contributed by atoms with E-state index in [0.29, 0.717) is 12.3 Å². The van der Waals surface area contributed by atoms with Gasteiger partial charge in [-0.15, -0.1) is 0 Å². The van der Waals surface area contributed by atoms with Crippen molar-refractivity contribution < 1.29 is 8.42 Å². The Morgan fingerprint density at radius 2 is 1.95 bits per heavy atom. The molecule has 106 valence electrons. The molecule has 19 heavy (non-hydrogen) atoms. The van der Waals surface area contributed by atoms with Gasteiger partial charge in [-0.2, -0.15) is 0 Å². The van der Waals surface area contributed by atoms with Gasteiger partial charge >= 0.3 is 0 Å². The maximum Gasteiger partial charge on any atom is 0.212 e. The van der Waals surface area contributed by atoms with E-state index in [1.165, 1.54) is 0 Å². The van der Waals surface area contributed by atoms with Crippen LogP contribution in [0.3, 0.4) is 0 Å². The zero-order valence-corrected chi connectivity index (χ0v) is 13.3. The number of hydrogen-bond donors (Lipinski definition) is 1. The van der Waals surface area contributed by atoms with Gasteiger partial charge in [0.1, 0.15) is 0 Å². The Morgan fingerprint density at radius 3 is 2.63 bits per heavy atom. The van der Waals surface area contributed by atoms with Gasteiger partial charge in [-0.3, -0.25) is 0 Å². The molecule has 2 atom stereocenters. The molecule has 0 amide bonds. The van der Waals surface area contributed by atoms with Crippen molar-refractivity contribution in [2.45, 2.75) is 31.7 Å². The molecule has 2 unspecified atom stereocenters. The highest BCUT2D eigenvalue weighted by molar-refractivity contribution is 9.09. The highest BCUT2D eigenvalue weighted by atomic mass is 79.9. The second kappa shape index (κ2) is 6.86. The standard InChI is InChI=1S/C14H20BrNO2S/c15-11-13-7-4-8-14(13)16-19(17,18)10-9-12-5-2-1-3-6-12/h1-3,5-6,13-14,16H,4,7-11H2. The molecule has 5 heteroatoms. The molecule has 1 aromatic rings. The summed E-state index contributed by atoms with van der Waals surface area (Å²) in [6.45, 7) is 0. The number of hydrogen-bond acceptors (Lipinski definition) is 2. The smallest absolute Gasteiger partial charge is 0.212 e. The van der Waals surface area contributed by atoms with E-state index in [4.69, 9.17) is 0 Å². The van der Waals surface area contributed by atoms with Crippen LogP contribution < -0.4 is 4.72 Å². The maximum atomic E-state index is 12.1. The summed E-state index contributed by atoms with van der Waals surface area (Å²) in [7, 11) is -3.18. The summed E-state index contributed by atoms with van der Waals surface area (Å²) in [6, 6.07) is 9.86. The summed E-state index contributed by atoms with van der Waals surface area (Å²) in [5, 5.41) is 0.874. The summed E-state index contributed by atoms with van der Waals surface area (Å²) < 4.78 is 27.1. The van der Waals surface area contributed by atoms with E-state index in [0.717, 1.165) is 30.2 Å². The molecule has 3 nitrogen and oxygen atoms in total. The van der Waals surface area contributed by atoms with Crippen molar-refractivity contribution in [1.82, 2.24) is 4.72 Å². The molecule has 1 aliphatic rings. The summed E-state index contributed by atoms with van der Waals surface area (Å²) in [5.74, 6) is 0.606. The van der Waals surface area contributed by atoms with Crippen molar-refractivity contribution in [3.8, 4) is 0 Å². The van der Waals surface area contributed by atoms with E-state index >= 15 is 0 Å². The van der Waals surface area contributed by atoms with Crippen LogP contribution >= 0.6 is 15.9 Å². The maximum absolute atomic E-state index is 12.1. The van der Waals surface area contributed by atoms with Crippen molar-refractivity contribution >= 4 is 26.0 Å². The second-order valence-corrected chi connectivity index (χ2v) is 7.65. The van der Waals surface area contributed by atoms with Gasteiger partial charge < -0.3 is 0 Å². The fraction of sp³-hybridized carbons (Fsp3) is 0.571. The fourth-order valence-electron chi connectivity index (χ4n) is 2.56. The first-order chi connectivity index (χ1) is 9.11. The second-order valence-electron chi connectivity index (χ2n) is 5.12. The molecule has 0 bridgehead atoms. The largest absolute Gasteiger partial charge is 0.212 e. The topological polar surface area (TPSA) is 46.2 Å². The third-order valence-electron chi connectivity index (χ3n) is 3.69. The summed E-state index contributed by atoms with van der Waals surface area (Å²) >= 11 is 3.47. The summed E-state index contributed by atoms with van der Waals surface area (Å²) in [4.78, 5) is 0. The summed E-state index contributed by atoms with van der Waals surface area (Å²) in [5.41, 5.74) is 1.07. The fourth-order valence-corrected chi connectivity index (χ4v) is 4.73. The van der Waals surface area contributed by atoms with Gasteiger partial charge in [0.05, 0.1) is 5.75 Å². The Morgan fingerprint density at radius 1 is 1.21 bits per heavy atom. The quantitative estimate of drug-likeness (QED) is 0.805. The Hall–Kier alpha value is -0.390. The lowest BCUT2D eigenvalue weighted by Gasteiger charge is -2.19. The lowest BCUT2D eigenvalue weighted by molar-refractivity contribution is 0.484. The molecule has 0 saturated heterocycles. The van der Waals surface area contributed by atoms with E-state index < -0.39 is 10.0 Å². The molecule has 0 radical (unpaired) electrons. The Labute approximate surface area is 124 Å². The zero-order chi connectivity index (χ0) is 13.7. The Bertz CT molecular complexity index is 489. The SMILES string of the molecule is O=S(=O)(CCc1ccccc1)NC1CCCC1CBr. The Balaban J connectivity index is 1.88. The Kier molecular flexibility index (Phi) is 5.42. The number of sulfonamides is 1. The first kappa shape index (κ1) is 15.0. The van der Waals surface area contributed by atoms with Crippen LogP contribution in [0, 0.1) is 5.92 Å². The predicted molar refractivity (Wildman–Crippen MR) is 82.0 cm³/mol. The number of halogens is 1. The van der Waals surface area contributed by atoms with Gasteiger partial charge in [0.15, 0.2) is 0 Å². The van der Waals surface area contributed by atoms with Gasteiger partial charge in [-0.1, -0.05) is 52.7 Å². The monoisotopic (exact) mass is 345 g/mol. The van der Waals surface area contributed by atoms with Crippen molar-refractivity contribution in [3.63, 3.8) is 0 Å². The highest BCUT2D eigenvalue weighted by Crippen LogP contribution is 2.27. The molecule has 0 spiro atoms. The minimum absolute atomic E-state index is 0.111. The number of nitrogens with one attached hydrogen (secondary N) is 1. The van der Waals surface area contributed by atoms with Crippen LogP contribution in [-0.2, 0) is 16.4 Å². The number of rotatable bonds is 6. The van der Waals surface area contributed by atoms with Crippen molar-refractivity contribution in [2.24, 2.45) is 5.92 Å². The van der Waals surface area contributed by atoms with Gasteiger partial charge in [-0.05, 0) is 30.7 Å².